The van der Waals surface area contributed by atoms with Crippen molar-refractivity contribution in [3.05, 3.63) is 41.0 Å². The molecule has 0 unspecified atom stereocenters. The number of methoxy groups -OCH3 is 1. The normalized spacial score (nSPS) is 34.3. The number of nitrogens with two attached hydrogens (primary N) is 1. The van der Waals surface area contributed by atoms with Gasteiger partial charge in [-0.25, -0.2) is 0 Å². The van der Waals surface area contributed by atoms with Crippen molar-refractivity contribution < 1.29 is 49.6 Å². The fourth-order valence-electron chi connectivity index (χ4n) is 5.93. The molecule has 3 aliphatic rings. The molecule has 8 atom stereocenters. The molecule has 5 rings (SSSR count). The number of carbonyl (C=O) groups is 1. The van der Waals surface area contributed by atoms with Crippen LogP contribution in [0.2, 0.25) is 0 Å². The van der Waals surface area contributed by atoms with Crippen LogP contribution in [0.1, 0.15) is 34.3 Å². The number of carbonyl (C=O) groups excluding carboxylic acids is 1. The van der Waals surface area contributed by atoms with Gasteiger partial charge in [0.25, 0.3) is 0 Å². The van der Waals surface area contributed by atoms with Crippen molar-refractivity contribution in [1.82, 2.24) is 0 Å². The largest absolute Gasteiger partial charge is 0.506 e. The maximum atomic E-state index is 13.3. The van der Waals surface area contributed by atoms with Gasteiger partial charge >= 0.3 is 0 Å². The number of hydrogen-bond donors (Lipinski definition) is 7. The fourth-order valence-corrected chi connectivity index (χ4v) is 8.36. The van der Waals surface area contributed by atoms with Crippen molar-refractivity contribution in [2.45, 2.75) is 68.7 Å². The first kappa shape index (κ1) is 30.4. The third-order valence-corrected chi connectivity index (χ3v) is 10.6. The van der Waals surface area contributed by atoms with Gasteiger partial charge in [-0.2, -0.15) is 0 Å². The van der Waals surface area contributed by atoms with Gasteiger partial charge in [0, 0.05) is 41.5 Å². The SMILES string of the molecule is COc1cc2c3c(O)c(c(C)cc3c1CO)C(=O)CCSSC[C@@H]1C[C@@H](N)C=C[C@@]1(O)[C@H]1O[C@H](O2)[C@H](O)[C@@H](O)[C@@H]1O. The van der Waals surface area contributed by atoms with Crippen molar-refractivity contribution in [1.29, 1.82) is 0 Å². The van der Waals surface area contributed by atoms with Gasteiger partial charge < -0.3 is 50.6 Å². The van der Waals surface area contributed by atoms with Crippen LogP contribution in [-0.4, -0.2) is 97.4 Å². The Labute approximate surface area is 244 Å². The molecule has 2 aliphatic heterocycles. The van der Waals surface area contributed by atoms with Crippen LogP contribution in [0.15, 0.2) is 24.3 Å². The molecule has 11 nitrogen and oxygen atoms in total. The smallest absolute Gasteiger partial charge is 0.229 e. The molecule has 2 aromatic rings. The van der Waals surface area contributed by atoms with Crippen molar-refractivity contribution >= 4 is 38.1 Å². The molecule has 1 saturated heterocycles. The minimum Gasteiger partial charge on any atom is -0.506 e. The minimum atomic E-state index is -1.77. The summed E-state index contributed by atoms with van der Waals surface area (Å²) in [6.45, 7) is 1.24. The van der Waals surface area contributed by atoms with Crippen LogP contribution in [0, 0.1) is 12.8 Å². The lowest BCUT2D eigenvalue weighted by atomic mass is 9.72. The van der Waals surface area contributed by atoms with Gasteiger partial charge in [-0.3, -0.25) is 4.79 Å². The summed E-state index contributed by atoms with van der Waals surface area (Å²) in [5.41, 5.74) is 5.32. The topological polar surface area (TPSA) is 192 Å². The average molecular weight is 610 g/mol. The Bertz CT molecular complexity index is 1360. The van der Waals surface area contributed by atoms with Crippen LogP contribution >= 0.6 is 21.6 Å². The van der Waals surface area contributed by atoms with Crippen molar-refractivity contribution in [2.24, 2.45) is 11.7 Å². The third-order valence-electron chi connectivity index (χ3n) is 8.14. The zero-order valence-corrected chi connectivity index (χ0v) is 24.2. The first-order valence-electron chi connectivity index (χ1n) is 13.3. The van der Waals surface area contributed by atoms with Crippen LogP contribution < -0.4 is 15.2 Å². The molecule has 224 valence electrons. The predicted molar refractivity (Wildman–Crippen MR) is 154 cm³/mol. The number of aryl methyl sites for hydroxylation is 1. The lowest BCUT2D eigenvalue weighted by Gasteiger charge is -2.49. The Morgan fingerprint density at radius 3 is 2.63 bits per heavy atom. The second-order valence-corrected chi connectivity index (χ2v) is 13.3. The molecule has 4 bridgehead atoms. The van der Waals surface area contributed by atoms with Gasteiger partial charge in [0.1, 0.15) is 47.3 Å². The Morgan fingerprint density at radius 2 is 1.93 bits per heavy atom. The molecule has 41 heavy (non-hydrogen) atoms. The molecule has 8 N–H and O–H groups in total. The van der Waals surface area contributed by atoms with E-state index in [1.807, 2.05) is 0 Å². The Morgan fingerprint density at radius 1 is 1.17 bits per heavy atom. The lowest BCUT2D eigenvalue weighted by molar-refractivity contribution is -0.304. The molecule has 0 aromatic heterocycles. The molecule has 2 heterocycles. The van der Waals surface area contributed by atoms with Crippen molar-refractivity contribution in [3.63, 3.8) is 0 Å². The van der Waals surface area contributed by atoms with Crippen molar-refractivity contribution in [2.75, 3.05) is 18.6 Å². The molecular weight excluding hydrogens is 574 g/mol. The second-order valence-electron chi connectivity index (χ2n) is 10.7. The molecule has 0 amide bonds. The molecule has 2 aromatic carbocycles. The molecular formula is C28H35NO10S2. The molecule has 1 fully saturated rings. The van der Waals surface area contributed by atoms with Gasteiger partial charge in [0.05, 0.1) is 24.7 Å². The third kappa shape index (κ3) is 5.32. The van der Waals surface area contributed by atoms with Gasteiger partial charge in [0.2, 0.25) is 6.29 Å². The highest BCUT2D eigenvalue weighted by molar-refractivity contribution is 8.76. The summed E-state index contributed by atoms with van der Waals surface area (Å²) in [7, 11) is 4.25. The van der Waals surface area contributed by atoms with E-state index in [9.17, 15) is 35.4 Å². The summed E-state index contributed by atoms with van der Waals surface area (Å²) < 4.78 is 17.6. The van der Waals surface area contributed by atoms with E-state index in [4.69, 9.17) is 19.9 Å². The number of phenols is 1. The zero-order chi connectivity index (χ0) is 29.6. The number of benzene rings is 2. The summed E-state index contributed by atoms with van der Waals surface area (Å²) in [4.78, 5) is 13.3. The number of aliphatic hydroxyl groups is 5. The Balaban J connectivity index is 1.70. The first-order valence-corrected chi connectivity index (χ1v) is 15.8. The van der Waals surface area contributed by atoms with Crippen LogP contribution in [0.25, 0.3) is 10.8 Å². The maximum absolute atomic E-state index is 13.3. The van der Waals surface area contributed by atoms with Crippen LogP contribution in [-0.2, 0) is 11.3 Å². The van der Waals surface area contributed by atoms with Gasteiger partial charge in [0.15, 0.2) is 5.78 Å². The monoisotopic (exact) mass is 609 g/mol. The molecule has 0 spiro atoms. The zero-order valence-electron chi connectivity index (χ0n) is 22.6. The number of ketones is 1. The summed E-state index contributed by atoms with van der Waals surface area (Å²) in [5, 5.41) is 66.7. The van der Waals surface area contributed by atoms with Crippen LogP contribution in [0.5, 0.6) is 17.2 Å². The number of Topliss-reactive ketones (excluding diaryl/α,β-unsaturated/α-hetero) is 1. The minimum absolute atomic E-state index is 0.0613. The number of aliphatic hydroxyl groups excluding tert-OH is 4. The summed E-state index contributed by atoms with van der Waals surface area (Å²) in [6.07, 6.45) is -4.63. The Hall–Kier alpha value is -2.07. The van der Waals surface area contributed by atoms with Crippen molar-refractivity contribution in [3.8, 4) is 17.2 Å². The molecule has 13 heteroatoms. The summed E-state index contributed by atoms with van der Waals surface area (Å²) in [5.74, 6) is -0.189. The van der Waals surface area contributed by atoms with E-state index in [2.05, 4.69) is 0 Å². The van der Waals surface area contributed by atoms with E-state index in [1.54, 1.807) is 19.1 Å². The fraction of sp³-hybridized carbons (Fsp3) is 0.536. The van der Waals surface area contributed by atoms with E-state index in [0.29, 0.717) is 34.4 Å². The quantitative estimate of drug-likeness (QED) is 0.190. The highest BCUT2D eigenvalue weighted by Crippen LogP contribution is 2.46. The standard InChI is InChI=1S/C28H35NO10S2/c1-12-7-15-16(10-30)18(37-2)9-19-21(15)22(32)20(12)17(31)4-6-40-41-11-13-8-14(29)3-5-28(13,36)26-24(34)23(33)25(35)27(38-19)39-26/h3,5,7,9,13-14,23-27,30,32-36H,4,6,8,10-11,29H2,1-2H3/t13-,14-,23-,24-,25+,26-,27-,28-/m0/s1. The van der Waals surface area contributed by atoms with E-state index in [1.165, 1.54) is 40.8 Å². The lowest BCUT2D eigenvalue weighted by Crippen LogP contribution is -2.67. The number of rotatable bonds is 2. The molecule has 0 radical (unpaired) electrons. The van der Waals surface area contributed by atoms with Crippen LogP contribution in [0.4, 0.5) is 0 Å². The van der Waals surface area contributed by atoms with E-state index < -0.39 is 48.8 Å². The van der Waals surface area contributed by atoms with Crippen LogP contribution in [0.3, 0.4) is 0 Å². The van der Waals surface area contributed by atoms with Gasteiger partial charge in [-0.15, -0.1) is 0 Å². The number of ether oxygens (including phenoxy) is 3. The van der Waals surface area contributed by atoms with E-state index >= 15 is 0 Å². The first-order chi connectivity index (χ1) is 19.5. The number of phenolic OH excluding ortho intramolecular Hbond substituents is 1. The molecule has 1 aliphatic carbocycles. The second kappa shape index (κ2) is 11.9. The highest BCUT2D eigenvalue weighted by atomic mass is 33.1. The average Bonchev–Trinajstić information content (AvgIpc) is 2.93. The molecule has 0 saturated carbocycles. The van der Waals surface area contributed by atoms with Gasteiger partial charge in [-0.05, 0) is 30.4 Å². The highest BCUT2D eigenvalue weighted by Gasteiger charge is 2.56. The summed E-state index contributed by atoms with van der Waals surface area (Å²) >= 11 is 0. The van der Waals surface area contributed by atoms with Gasteiger partial charge in [-0.1, -0.05) is 33.7 Å². The number of hydrogen-bond acceptors (Lipinski definition) is 13. The maximum Gasteiger partial charge on any atom is 0.229 e. The Kier molecular flexibility index (Phi) is 8.82. The predicted octanol–water partition coefficient (Wildman–Crippen LogP) is 1.14. The summed E-state index contributed by atoms with van der Waals surface area (Å²) in [6, 6.07) is 2.69. The van der Waals surface area contributed by atoms with E-state index in [-0.39, 0.29) is 46.4 Å². The number of fused-ring (bicyclic) bond motifs is 5. The number of aromatic hydroxyl groups is 1. The van der Waals surface area contributed by atoms with E-state index in [0.717, 1.165) is 0 Å².